The molecule has 0 fully saturated rings. The van der Waals surface area contributed by atoms with E-state index in [-0.39, 0.29) is 28.6 Å². The molecule has 0 unspecified atom stereocenters. The Morgan fingerprint density at radius 2 is 2.05 bits per heavy atom. The maximum Gasteiger partial charge on any atom is 0.343 e. The molecule has 19 heavy (non-hydrogen) atoms. The van der Waals surface area contributed by atoms with Crippen LogP contribution in [-0.4, -0.2) is 28.6 Å². The number of para-hydroxylation sites is 1. The summed E-state index contributed by atoms with van der Waals surface area (Å²) in [5.74, 6) is -1.88. The number of nitrogens with one attached hydrogen (secondary N) is 1. The zero-order valence-corrected chi connectivity index (χ0v) is 10.1. The van der Waals surface area contributed by atoms with Crippen LogP contribution >= 0.6 is 0 Å². The summed E-state index contributed by atoms with van der Waals surface area (Å²) in [6.07, 6.45) is 1.18. The van der Waals surface area contributed by atoms with Crippen molar-refractivity contribution in [2.24, 2.45) is 0 Å². The minimum atomic E-state index is -1.15. The smallest absolute Gasteiger partial charge is 0.343 e. The Morgan fingerprint density at radius 1 is 1.32 bits per heavy atom. The number of benzene rings is 1. The maximum absolute atomic E-state index is 12.1. The Hall–Kier alpha value is -2.63. The number of esters is 1. The SMILES string of the molecule is CCOC(=O)c1c[nH]c2c(C(=O)O)cccc2c1=O. The highest BCUT2D eigenvalue weighted by molar-refractivity contribution is 6.03. The maximum atomic E-state index is 12.1. The highest BCUT2D eigenvalue weighted by Crippen LogP contribution is 2.14. The van der Waals surface area contributed by atoms with E-state index in [9.17, 15) is 14.4 Å². The van der Waals surface area contributed by atoms with E-state index in [4.69, 9.17) is 9.84 Å². The fourth-order valence-corrected chi connectivity index (χ4v) is 1.79. The first-order valence-electron chi connectivity index (χ1n) is 5.61. The van der Waals surface area contributed by atoms with Crippen LogP contribution in [0.5, 0.6) is 0 Å². The van der Waals surface area contributed by atoms with Crippen LogP contribution in [0.3, 0.4) is 0 Å². The van der Waals surface area contributed by atoms with Crippen LogP contribution in [-0.2, 0) is 4.74 Å². The van der Waals surface area contributed by atoms with Crippen molar-refractivity contribution in [3.8, 4) is 0 Å². The molecule has 1 heterocycles. The summed E-state index contributed by atoms with van der Waals surface area (Å²) in [5.41, 5.74) is -0.523. The van der Waals surface area contributed by atoms with Gasteiger partial charge >= 0.3 is 11.9 Å². The van der Waals surface area contributed by atoms with Gasteiger partial charge in [0.05, 0.1) is 17.7 Å². The number of rotatable bonds is 3. The molecule has 98 valence electrons. The topological polar surface area (TPSA) is 96.5 Å². The predicted molar refractivity (Wildman–Crippen MR) is 67.5 cm³/mol. The molecule has 0 bridgehead atoms. The van der Waals surface area contributed by atoms with Gasteiger partial charge in [0.25, 0.3) is 0 Å². The number of carboxylic acids is 1. The van der Waals surface area contributed by atoms with Crippen LogP contribution in [0.15, 0.2) is 29.2 Å². The fraction of sp³-hybridized carbons (Fsp3) is 0.154. The first kappa shape index (κ1) is 12.8. The number of carbonyl (C=O) groups is 2. The summed E-state index contributed by atoms with van der Waals surface area (Å²) in [6.45, 7) is 1.79. The highest BCUT2D eigenvalue weighted by Gasteiger charge is 2.16. The van der Waals surface area contributed by atoms with Gasteiger partial charge in [0.15, 0.2) is 0 Å². The van der Waals surface area contributed by atoms with Crippen molar-refractivity contribution in [3.63, 3.8) is 0 Å². The number of carboxylic acid groups (broad SMARTS) is 1. The van der Waals surface area contributed by atoms with Gasteiger partial charge in [-0.15, -0.1) is 0 Å². The average molecular weight is 261 g/mol. The third-order valence-electron chi connectivity index (χ3n) is 2.64. The normalized spacial score (nSPS) is 10.4. The first-order valence-corrected chi connectivity index (χ1v) is 5.61. The summed E-state index contributed by atoms with van der Waals surface area (Å²) in [6, 6.07) is 4.30. The van der Waals surface area contributed by atoms with Crippen molar-refractivity contribution in [3.05, 3.63) is 45.7 Å². The van der Waals surface area contributed by atoms with E-state index >= 15 is 0 Å². The van der Waals surface area contributed by atoms with Crippen molar-refractivity contribution in [1.29, 1.82) is 0 Å². The zero-order valence-electron chi connectivity index (χ0n) is 10.1. The molecular weight excluding hydrogens is 250 g/mol. The summed E-state index contributed by atoms with van der Waals surface area (Å²) in [7, 11) is 0. The van der Waals surface area contributed by atoms with Gasteiger partial charge in [-0.25, -0.2) is 9.59 Å². The molecule has 0 spiro atoms. The standard InChI is InChI=1S/C13H11NO5/c1-2-19-13(18)9-6-14-10-7(11(9)15)4-3-5-8(10)12(16)17/h3-6H,2H2,1H3,(H,14,15)(H,16,17). The minimum absolute atomic E-state index is 0.0231. The molecule has 0 atom stereocenters. The van der Waals surface area contributed by atoms with Gasteiger partial charge < -0.3 is 14.8 Å². The zero-order chi connectivity index (χ0) is 14.0. The van der Waals surface area contributed by atoms with Gasteiger partial charge in [-0.2, -0.15) is 0 Å². The van der Waals surface area contributed by atoms with E-state index in [1.807, 2.05) is 0 Å². The Labute approximate surface area is 107 Å². The van der Waals surface area contributed by atoms with E-state index in [1.165, 1.54) is 24.4 Å². The molecule has 6 heteroatoms. The molecule has 0 aliphatic heterocycles. The lowest BCUT2D eigenvalue weighted by molar-refractivity contribution is 0.0524. The molecule has 1 aromatic carbocycles. The lowest BCUT2D eigenvalue weighted by Gasteiger charge is -2.05. The minimum Gasteiger partial charge on any atom is -0.478 e. The molecule has 1 aromatic heterocycles. The molecule has 6 nitrogen and oxygen atoms in total. The van der Waals surface area contributed by atoms with E-state index in [0.717, 1.165) is 0 Å². The second kappa shape index (κ2) is 4.93. The number of aromatic nitrogens is 1. The molecule has 0 aliphatic carbocycles. The molecule has 2 rings (SSSR count). The van der Waals surface area contributed by atoms with Gasteiger partial charge in [-0.1, -0.05) is 6.07 Å². The fourth-order valence-electron chi connectivity index (χ4n) is 1.79. The van der Waals surface area contributed by atoms with Crippen molar-refractivity contribution in [2.75, 3.05) is 6.61 Å². The largest absolute Gasteiger partial charge is 0.478 e. The van der Waals surface area contributed by atoms with E-state index in [1.54, 1.807) is 6.92 Å². The Balaban J connectivity index is 2.70. The van der Waals surface area contributed by atoms with E-state index in [2.05, 4.69) is 4.98 Å². The third-order valence-corrected chi connectivity index (χ3v) is 2.64. The number of carbonyl (C=O) groups excluding carboxylic acids is 1. The number of ether oxygens (including phenoxy) is 1. The van der Waals surface area contributed by atoms with Crippen molar-refractivity contribution < 1.29 is 19.4 Å². The summed E-state index contributed by atoms with van der Waals surface area (Å²) in [5, 5.41) is 9.17. The van der Waals surface area contributed by atoms with Crippen molar-refractivity contribution in [1.82, 2.24) is 4.98 Å². The summed E-state index contributed by atoms with van der Waals surface area (Å²) >= 11 is 0. The number of fused-ring (bicyclic) bond motifs is 1. The molecule has 0 saturated carbocycles. The second-order valence-electron chi connectivity index (χ2n) is 3.79. The monoisotopic (exact) mass is 261 g/mol. The molecular formula is C13H11NO5. The van der Waals surface area contributed by atoms with E-state index < -0.39 is 17.4 Å². The predicted octanol–water partition coefficient (Wildman–Crippen LogP) is 1.40. The van der Waals surface area contributed by atoms with Gasteiger partial charge in [0, 0.05) is 11.6 Å². The highest BCUT2D eigenvalue weighted by atomic mass is 16.5. The molecule has 0 radical (unpaired) electrons. The number of hydrogen-bond acceptors (Lipinski definition) is 4. The van der Waals surface area contributed by atoms with Gasteiger partial charge in [0.1, 0.15) is 5.56 Å². The van der Waals surface area contributed by atoms with Crippen LogP contribution in [0, 0.1) is 0 Å². The van der Waals surface area contributed by atoms with Crippen LogP contribution in [0.4, 0.5) is 0 Å². The molecule has 0 amide bonds. The Kier molecular flexibility index (Phi) is 3.33. The Morgan fingerprint density at radius 3 is 2.68 bits per heavy atom. The Bertz CT molecular complexity index is 717. The number of aromatic amines is 1. The lowest BCUT2D eigenvalue weighted by atomic mass is 10.1. The second-order valence-corrected chi connectivity index (χ2v) is 3.79. The first-order chi connectivity index (χ1) is 9.06. The van der Waals surface area contributed by atoms with Crippen LogP contribution in [0.1, 0.15) is 27.6 Å². The van der Waals surface area contributed by atoms with Crippen molar-refractivity contribution >= 4 is 22.8 Å². The molecule has 2 N–H and O–H groups in total. The van der Waals surface area contributed by atoms with Gasteiger partial charge in [0.2, 0.25) is 5.43 Å². The average Bonchev–Trinajstić information content (AvgIpc) is 2.38. The quantitative estimate of drug-likeness (QED) is 0.814. The van der Waals surface area contributed by atoms with Crippen LogP contribution in [0.2, 0.25) is 0 Å². The third kappa shape index (κ3) is 2.20. The number of pyridine rings is 1. The van der Waals surface area contributed by atoms with Crippen molar-refractivity contribution in [2.45, 2.75) is 6.92 Å². The molecule has 2 aromatic rings. The molecule has 0 aliphatic rings. The van der Waals surface area contributed by atoms with Crippen LogP contribution < -0.4 is 5.43 Å². The van der Waals surface area contributed by atoms with Crippen LogP contribution in [0.25, 0.3) is 10.9 Å². The van der Waals surface area contributed by atoms with E-state index in [0.29, 0.717) is 0 Å². The number of aromatic carboxylic acids is 1. The van der Waals surface area contributed by atoms with Gasteiger partial charge in [-0.05, 0) is 19.1 Å². The number of hydrogen-bond donors (Lipinski definition) is 2. The molecule has 0 saturated heterocycles. The summed E-state index contributed by atoms with van der Waals surface area (Å²) in [4.78, 5) is 37.4. The van der Waals surface area contributed by atoms with Gasteiger partial charge in [-0.3, -0.25) is 4.79 Å². The number of H-pyrrole nitrogens is 1. The lowest BCUT2D eigenvalue weighted by Crippen LogP contribution is -2.18. The summed E-state index contributed by atoms with van der Waals surface area (Å²) < 4.78 is 4.76.